The summed E-state index contributed by atoms with van der Waals surface area (Å²) in [5.74, 6) is -1.57. The summed E-state index contributed by atoms with van der Waals surface area (Å²) in [5, 5.41) is 11.0. The first-order valence-corrected chi connectivity index (χ1v) is 35.5. The Morgan fingerprint density at radius 2 is 0.800 bits per heavy atom. The molecular formula is C77H72Cl4F9LiN8O16. The Hall–Kier alpha value is -10.5. The molecule has 12 rings (SSSR count). The molecule has 24 nitrogen and oxygen atoms in total. The van der Waals surface area contributed by atoms with Crippen molar-refractivity contribution in [3.05, 3.63) is 269 Å². The molecule has 5 aromatic heterocycles. The minimum Gasteiger partial charge on any atom is -0.870 e. The van der Waals surface area contributed by atoms with Crippen molar-refractivity contribution in [3.8, 4) is 39.8 Å². The van der Waals surface area contributed by atoms with Gasteiger partial charge in [-0.1, -0.05) is 108 Å². The molecule has 0 unspecified atom stereocenters. The monoisotopic (exact) mass is 1680 g/mol. The van der Waals surface area contributed by atoms with Crippen LogP contribution >= 0.6 is 46.4 Å². The molecule has 0 saturated heterocycles. The van der Waals surface area contributed by atoms with Crippen molar-refractivity contribution in [1.82, 2.24) is 36.5 Å². The Morgan fingerprint density at radius 3 is 1.16 bits per heavy atom. The maximum Gasteiger partial charge on any atom is 1.00 e. The number of aryl methyl sites for hydroxylation is 2. The third-order valence-electron chi connectivity index (χ3n) is 17.1. The Bertz CT molecular complexity index is 5680. The number of allylic oxidation sites excluding steroid dienone is 1. The van der Waals surface area contributed by atoms with Gasteiger partial charge in [-0.2, -0.15) is 0 Å². The largest absolute Gasteiger partial charge is 1.00 e. The van der Waals surface area contributed by atoms with Gasteiger partial charge in [0, 0.05) is 118 Å². The Balaban J connectivity index is 0.000000252. The first-order chi connectivity index (χ1) is 52.9. The molecule has 0 atom stereocenters. The van der Waals surface area contributed by atoms with Crippen LogP contribution in [0.1, 0.15) is 66.6 Å². The van der Waals surface area contributed by atoms with Crippen molar-refractivity contribution >= 4 is 92.1 Å². The van der Waals surface area contributed by atoms with Crippen LogP contribution in [0.5, 0.6) is 17.2 Å². The number of carbonyl (C=O) groups is 2. The fraction of sp³-hybridized carbons (Fsp3) is 0.273. The molecule has 4 N–H and O–H groups in total. The maximum absolute atomic E-state index is 13.6. The zero-order chi connectivity index (χ0) is 81.7. The van der Waals surface area contributed by atoms with E-state index in [1.54, 1.807) is 94.1 Å². The minimum atomic E-state index is -4.88. The van der Waals surface area contributed by atoms with Crippen LogP contribution in [-0.4, -0.2) is 103 Å². The summed E-state index contributed by atoms with van der Waals surface area (Å²) in [5.41, 5.74) is 3.83. The van der Waals surface area contributed by atoms with Gasteiger partial charge in [-0.05, 0) is 138 Å². The molecule has 0 saturated carbocycles. The van der Waals surface area contributed by atoms with Gasteiger partial charge in [0.2, 0.25) is 0 Å². The summed E-state index contributed by atoms with van der Waals surface area (Å²) < 4.78 is 147. The third kappa shape index (κ3) is 24.5. The topological polar surface area (TPSA) is 304 Å². The van der Waals surface area contributed by atoms with Gasteiger partial charge in [-0.3, -0.25) is 51.4 Å². The molecule has 0 spiro atoms. The van der Waals surface area contributed by atoms with E-state index >= 15 is 0 Å². The molecule has 38 heteroatoms. The van der Waals surface area contributed by atoms with Crippen molar-refractivity contribution in [2.75, 3.05) is 19.8 Å². The molecule has 0 fully saturated rings. The van der Waals surface area contributed by atoms with Gasteiger partial charge in [0.25, 0.3) is 16.7 Å². The van der Waals surface area contributed by atoms with Gasteiger partial charge in [0.05, 0.1) is 41.3 Å². The van der Waals surface area contributed by atoms with Gasteiger partial charge in [0.1, 0.15) is 28.3 Å². The number of halogens is 13. The molecule has 608 valence electrons. The van der Waals surface area contributed by atoms with E-state index in [0.29, 0.717) is 78.3 Å². The second-order valence-corrected chi connectivity index (χ2v) is 26.6. The van der Waals surface area contributed by atoms with Gasteiger partial charge in [0.15, 0.2) is 0 Å². The number of alkyl halides is 10. The number of fused-ring (bicyclic) bond motifs is 3. The van der Waals surface area contributed by atoms with Crippen LogP contribution in [0, 0.1) is 0 Å². The van der Waals surface area contributed by atoms with Crippen LogP contribution in [0.25, 0.3) is 56.2 Å². The van der Waals surface area contributed by atoms with Crippen LogP contribution in [0.2, 0.25) is 15.1 Å². The van der Waals surface area contributed by atoms with E-state index in [2.05, 4.69) is 14.2 Å². The van der Waals surface area contributed by atoms with Crippen molar-refractivity contribution < 1.29 is 108 Å². The predicted octanol–water partition coefficient (Wildman–Crippen LogP) is 10.5. The first-order valence-electron chi connectivity index (χ1n) is 33.9. The van der Waals surface area contributed by atoms with Crippen LogP contribution < -0.4 is 66.8 Å². The first kappa shape index (κ1) is 93.4. The smallest absolute Gasteiger partial charge is 0.870 e. The Morgan fingerprint density at radius 1 is 0.461 bits per heavy atom. The number of aliphatic hydroxyl groups excluding tert-OH is 1. The van der Waals surface area contributed by atoms with E-state index < -0.39 is 76.3 Å². The van der Waals surface area contributed by atoms with Crippen LogP contribution in [0.4, 0.5) is 39.5 Å². The van der Waals surface area contributed by atoms with E-state index in [0.717, 1.165) is 35.4 Å². The van der Waals surface area contributed by atoms with E-state index in [1.807, 2.05) is 24.3 Å². The van der Waals surface area contributed by atoms with Crippen molar-refractivity contribution in [2.24, 2.45) is 21.1 Å². The molecule has 0 bridgehead atoms. The van der Waals surface area contributed by atoms with E-state index in [4.69, 9.17) is 55.9 Å². The summed E-state index contributed by atoms with van der Waals surface area (Å²) in [6, 6.07) is 40.8. The molecular weight excluding hydrogens is 1610 g/mol. The number of aliphatic hydroxyl groups is 1. The number of hydrogen-bond acceptors (Lipinski definition) is 15. The summed E-state index contributed by atoms with van der Waals surface area (Å²) in [7, 11) is 4.54. The molecule has 0 radical (unpaired) electrons. The second kappa shape index (κ2) is 40.7. The van der Waals surface area contributed by atoms with Gasteiger partial charge in [-0.15, -0.1) is 51.1 Å². The molecule has 1 aliphatic rings. The average Bonchev–Trinajstić information content (AvgIpc) is 1.62. The molecule has 115 heavy (non-hydrogen) atoms. The number of ether oxygens (including phenoxy) is 5. The number of nitrogens with zero attached hydrogens (tertiary/aromatic N) is 8. The number of hydrogen-bond donors (Lipinski definition) is 1. The summed E-state index contributed by atoms with van der Waals surface area (Å²) in [4.78, 5) is 100. The van der Waals surface area contributed by atoms with Gasteiger partial charge >= 0.3 is 67.0 Å². The number of carbonyl (C=O) groups excluding carboxylic acids is 2. The molecule has 1 aliphatic carbocycles. The molecule has 0 amide bonds. The van der Waals surface area contributed by atoms with E-state index in [-0.39, 0.29) is 118 Å². The minimum absolute atomic E-state index is 0. The molecule has 6 aromatic carbocycles. The standard InChI is InChI=1S/C26H23ClF3N3O5.C24H21ClF3N3O4.C20H19F3N2O5.C7H6Cl2.Li.2H2O/c1-16(34)37-12-4-11-32-24(35)23-22(31(2)25(32)36)14-21(33(23)15-17-7-9-19(27)10-8-17)18-5-3-6-20(13-18)38-26(28,29)30;1-29-20-13-19(16-4-2-5-18(12-16)35-24(26,27)28)31(14-15-6-8-17(25)9-7-15)21(20)22(33)30(23(29)34)10-3-11-32;1-12(26)29-8-4-7-25-18(27)16-10-14(11-17(16)24(2)19(25)28)13-5-3-6-15(9-13)30-20(21,22)23;8-5-6-1-3-7(9)4-2-6;;;/h3,5-10,13-14H,4,11-12,15H2,1-2H3;2,4-9,12-13,32H,3,10-11,14H2,1H3;3,5-6,9,11H,4,7-8,10H2,1-2H3;1-4H,5H2;;2*1H2/q;;;;+1;;/p-1. The number of rotatable bonds is 22. The molecule has 5 heterocycles. The Kier molecular flexibility index (Phi) is 33.0. The van der Waals surface area contributed by atoms with Gasteiger partial charge in [-0.25, -0.2) is 14.4 Å². The normalized spacial score (nSPS) is 11.6. The number of benzene rings is 6. The SMILES string of the molecule is CC(=O)OCCCn1c(=O)c2c(cc(-c3cccc(OC(F)(F)F)c3)n2Cc2ccc(Cl)cc2)n(C)c1=O.CC(=O)OCCCn1c(=O)c2c(n(C)c1=O)C=C(c1cccc(OC(F)(F)F)c1)C2.ClCc1ccc(Cl)cc1.Cn1c(=O)n(CCCO)c(=O)c2c1cc(-c1cccc(OC(F)(F)F)c1)n2Cc1ccc(Cl)cc1.O.[Li+].[OH-]. The van der Waals surface area contributed by atoms with Crippen molar-refractivity contribution in [2.45, 2.75) is 97.2 Å². The van der Waals surface area contributed by atoms with Crippen molar-refractivity contribution in [1.29, 1.82) is 0 Å². The predicted molar refractivity (Wildman–Crippen MR) is 410 cm³/mol. The van der Waals surface area contributed by atoms with Crippen LogP contribution in [-0.2, 0) is 85.2 Å². The summed E-state index contributed by atoms with van der Waals surface area (Å²) in [6.07, 6.45) is -12.0. The molecule has 0 aliphatic heterocycles. The zero-order valence-corrected chi connectivity index (χ0v) is 65.0. The number of aromatic nitrogens is 8. The maximum atomic E-state index is 13.6. The summed E-state index contributed by atoms with van der Waals surface area (Å²) in [6.45, 7) is 2.91. The number of esters is 2. The van der Waals surface area contributed by atoms with Crippen molar-refractivity contribution in [3.63, 3.8) is 0 Å². The average molecular weight is 1690 g/mol. The van der Waals surface area contributed by atoms with Crippen LogP contribution in [0.3, 0.4) is 0 Å². The fourth-order valence-electron chi connectivity index (χ4n) is 12.0. The van der Waals surface area contributed by atoms with Crippen LogP contribution in [0.15, 0.2) is 186 Å². The molecule has 11 aromatic rings. The fourth-order valence-corrected chi connectivity index (χ4v) is 12.6. The quantitative estimate of drug-likeness (QED) is 0.0217. The third-order valence-corrected chi connectivity index (χ3v) is 18.2. The Labute approximate surface area is 679 Å². The van der Waals surface area contributed by atoms with E-state index in [1.165, 1.54) is 103 Å². The zero-order valence-electron chi connectivity index (χ0n) is 62.0. The van der Waals surface area contributed by atoms with Gasteiger partial charge < -0.3 is 48.9 Å². The second-order valence-electron chi connectivity index (χ2n) is 25.0. The van der Waals surface area contributed by atoms with E-state index in [9.17, 15) is 83.0 Å². The summed E-state index contributed by atoms with van der Waals surface area (Å²) >= 11 is 23.2.